The number of amides is 1. The third-order valence-corrected chi connectivity index (χ3v) is 2.74. The van der Waals surface area contributed by atoms with Gasteiger partial charge < -0.3 is 4.90 Å². The van der Waals surface area contributed by atoms with E-state index in [1.165, 1.54) is 6.33 Å². The van der Waals surface area contributed by atoms with Gasteiger partial charge in [0.1, 0.15) is 6.33 Å². The first-order valence-electron chi connectivity index (χ1n) is 4.95. The lowest BCUT2D eigenvalue weighted by Gasteiger charge is -2.20. The summed E-state index contributed by atoms with van der Waals surface area (Å²) in [6.07, 6.45) is 6.81. The number of alkyl halides is 1. The van der Waals surface area contributed by atoms with Crippen molar-refractivity contribution in [1.29, 1.82) is 0 Å². The van der Waals surface area contributed by atoms with Crippen molar-refractivity contribution < 1.29 is 4.79 Å². The number of hydrogen-bond donors (Lipinski definition) is 0. The predicted molar refractivity (Wildman–Crippen MR) is 59.9 cm³/mol. The Kier molecular flexibility index (Phi) is 3.30. The average molecular weight is 270 g/mol. The second-order valence-corrected chi connectivity index (χ2v) is 4.34. The van der Waals surface area contributed by atoms with E-state index in [0.29, 0.717) is 11.6 Å². The normalized spacial score (nSPS) is 15.0. The number of halogens is 1. The molecule has 15 heavy (non-hydrogen) atoms. The summed E-state index contributed by atoms with van der Waals surface area (Å²) in [5.41, 5.74) is 0.574. The van der Waals surface area contributed by atoms with Gasteiger partial charge >= 0.3 is 0 Å². The zero-order valence-corrected chi connectivity index (χ0v) is 9.85. The van der Waals surface area contributed by atoms with Gasteiger partial charge in [-0.15, -0.1) is 0 Å². The molecule has 1 aromatic rings. The van der Waals surface area contributed by atoms with Crippen molar-refractivity contribution in [1.82, 2.24) is 14.9 Å². The van der Waals surface area contributed by atoms with Crippen LogP contribution in [0.2, 0.25) is 0 Å². The van der Waals surface area contributed by atoms with Crippen molar-refractivity contribution in [2.45, 2.75) is 18.9 Å². The van der Waals surface area contributed by atoms with Crippen LogP contribution in [0.15, 0.2) is 18.7 Å². The summed E-state index contributed by atoms with van der Waals surface area (Å²) in [5.74, 6) is 0.0394. The van der Waals surface area contributed by atoms with E-state index in [1.54, 1.807) is 12.4 Å². The minimum atomic E-state index is 0.0394. The molecule has 0 bridgehead atoms. The molecule has 2 rings (SSSR count). The van der Waals surface area contributed by atoms with Crippen LogP contribution in [0.1, 0.15) is 23.2 Å². The Hall–Kier alpha value is -0.970. The van der Waals surface area contributed by atoms with Crippen molar-refractivity contribution in [2.75, 3.05) is 11.9 Å². The maximum atomic E-state index is 12.0. The molecule has 1 fully saturated rings. The molecule has 5 heteroatoms. The highest BCUT2D eigenvalue weighted by Gasteiger charge is 2.32. The Morgan fingerprint density at radius 2 is 2.13 bits per heavy atom. The summed E-state index contributed by atoms with van der Waals surface area (Å²) in [4.78, 5) is 21.7. The third kappa shape index (κ3) is 2.53. The van der Waals surface area contributed by atoms with E-state index in [2.05, 4.69) is 25.9 Å². The first kappa shape index (κ1) is 10.5. The quantitative estimate of drug-likeness (QED) is 0.778. The van der Waals surface area contributed by atoms with E-state index in [-0.39, 0.29) is 5.91 Å². The molecule has 4 nitrogen and oxygen atoms in total. The number of aromatic nitrogens is 2. The van der Waals surface area contributed by atoms with Gasteiger partial charge in [0.25, 0.3) is 5.91 Å². The average Bonchev–Trinajstić information content (AvgIpc) is 3.10. The monoisotopic (exact) mass is 269 g/mol. The smallest absolute Gasteiger partial charge is 0.257 e. The van der Waals surface area contributed by atoms with Gasteiger partial charge in [0, 0.05) is 30.3 Å². The minimum Gasteiger partial charge on any atom is -0.335 e. The van der Waals surface area contributed by atoms with Crippen molar-refractivity contribution >= 4 is 21.8 Å². The van der Waals surface area contributed by atoms with Crippen LogP contribution in [0.3, 0.4) is 0 Å². The molecule has 0 saturated heterocycles. The topological polar surface area (TPSA) is 46.1 Å². The predicted octanol–water partition coefficient (Wildman–Crippen LogP) is 1.48. The summed E-state index contributed by atoms with van der Waals surface area (Å²) in [6.45, 7) is 0.748. The van der Waals surface area contributed by atoms with Crippen LogP contribution in [-0.4, -0.2) is 38.7 Å². The van der Waals surface area contributed by atoms with E-state index >= 15 is 0 Å². The molecule has 0 spiro atoms. The summed E-state index contributed by atoms with van der Waals surface area (Å²) in [7, 11) is 0. The van der Waals surface area contributed by atoms with Crippen molar-refractivity contribution in [2.24, 2.45) is 0 Å². The largest absolute Gasteiger partial charge is 0.335 e. The van der Waals surface area contributed by atoms with Crippen LogP contribution in [0.5, 0.6) is 0 Å². The fourth-order valence-corrected chi connectivity index (χ4v) is 1.88. The van der Waals surface area contributed by atoms with Gasteiger partial charge in [0.2, 0.25) is 0 Å². The Labute approximate surface area is 96.8 Å². The molecule has 80 valence electrons. The second-order valence-electron chi connectivity index (χ2n) is 3.55. The molecule has 0 N–H and O–H groups in total. The number of carbonyl (C=O) groups is 1. The second kappa shape index (κ2) is 4.70. The van der Waals surface area contributed by atoms with Gasteiger partial charge in [-0.1, -0.05) is 15.9 Å². The summed E-state index contributed by atoms with van der Waals surface area (Å²) < 4.78 is 0. The van der Waals surface area contributed by atoms with Gasteiger partial charge in [-0.3, -0.25) is 4.79 Å². The molecule has 0 aromatic carbocycles. The zero-order chi connectivity index (χ0) is 10.7. The highest BCUT2D eigenvalue weighted by molar-refractivity contribution is 9.09. The molecule has 1 aromatic heterocycles. The Balaban J connectivity index is 2.10. The van der Waals surface area contributed by atoms with Crippen molar-refractivity contribution in [3.05, 3.63) is 24.3 Å². The highest BCUT2D eigenvalue weighted by Crippen LogP contribution is 2.27. The van der Waals surface area contributed by atoms with Gasteiger partial charge in [0.15, 0.2) is 0 Å². The first-order valence-corrected chi connectivity index (χ1v) is 6.07. The van der Waals surface area contributed by atoms with Gasteiger partial charge in [-0.25, -0.2) is 9.97 Å². The zero-order valence-electron chi connectivity index (χ0n) is 8.27. The fraction of sp³-hybridized carbons (Fsp3) is 0.500. The van der Waals surface area contributed by atoms with Crippen molar-refractivity contribution in [3.63, 3.8) is 0 Å². The molecular formula is C10H12BrN3O. The standard InChI is InChI=1S/C10H12BrN3O/c11-3-4-14(9-1-2-9)10(15)8-5-12-7-13-6-8/h5-7,9H,1-4H2. The SMILES string of the molecule is O=C(c1cncnc1)N(CCBr)C1CC1. The molecule has 0 radical (unpaired) electrons. The lowest BCUT2D eigenvalue weighted by molar-refractivity contribution is 0.0754. The van der Waals surface area contributed by atoms with Crippen LogP contribution in [0.4, 0.5) is 0 Å². The van der Waals surface area contributed by atoms with Crippen LogP contribution in [0.25, 0.3) is 0 Å². The van der Waals surface area contributed by atoms with Crippen LogP contribution < -0.4 is 0 Å². The number of nitrogens with zero attached hydrogens (tertiary/aromatic N) is 3. The molecule has 1 aliphatic rings. The summed E-state index contributed by atoms with van der Waals surface area (Å²) >= 11 is 3.36. The number of carbonyl (C=O) groups excluding carboxylic acids is 1. The molecule has 0 unspecified atom stereocenters. The summed E-state index contributed by atoms with van der Waals surface area (Å²) in [5, 5.41) is 0.808. The van der Waals surface area contributed by atoms with E-state index in [4.69, 9.17) is 0 Å². The minimum absolute atomic E-state index is 0.0394. The molecule has 1 heterocycles. The number of rotatable bonds is 4. The Morgan fingerprint density at radius 1 is 1.47 bits per heavy atom. The molecule has 1 aliphatic carbocycles. The fourth-order valence-electron chi connectivity index (χ4n) is 1.50. The van der Waals surface area contributed by atoms with E-state index < -0.39 is 0 Å². The molecule has 0 aliphatic heterocycles. The maximum absolute atomic E-state index is 12.0. The maximum Gasteiger partial charge on any atom is 0.257 e. The van der Waals surface area contributed by atoms with E-state index in [1.807, 2.05) is 4.90 Å². The van der Waals surface area contributed by atoms with Gasteiger partial charge in [-0.2, -0.15) is 0 Å². The first-order chi connectivity index (χ1) is 7.33. The molecular weight excluding hydrogens is 258 g/mol. The Morgan fingerprint density at radius 3 is 2.67 bits per heavy atom. The lowest BCUT2D eigenvalue weighted by atomic mass is 10.3. The number of hydrogen-bond acceptors (Lipinski definition) is 3. The third-order valence-electron chi connectivity index (χ3n) is 2.38. The van der Waals surface area contributed by atoms with Crippen molar-refractivity contribution in [3.8, 4) is 0 Å². The highest BCUT2D eigenvalue weighted by atomic mass is 79.9. The van der Waals surface area contributed by atoms with Crippen LogP contribution in [-0.2, 0) is 0 Å². The molecule has 1 saturated carbocycles. The van der Waals surface area contributed by atoms with E-state index in [0.717, 1.165) is 24.7 Å². The molecule has 0 atom stereocenters. The van der Waals surface area contributed by atoms with Gasteiger partial charge in [-0.05, 0) is 12.8 Å². The molecule has 1 amide bonds. The van der Waals surface area contributed by atoms with E-state index in [9.17, 15) is 4.79 Å². The lowest BCUT2D eigenvalue weighted by Crippen LogP contribution is -2.34. The summed E-state index contributed by atoms with van der Waals surface area (Å²) in [6, 6.07) is 0.426. The Bertz CT molecular complexity index is 340. The van der Waals surface area contributed by atoms with Gasteiger partial charge in [0.05, 0.1) is 5.56 Å². The van der Waals surface area contributed by atoms with Crippen LogP contribution >= 0.6 is 15.9 Å². The van der Waals surface area contributed by atoms with Crippen LogP contribution in [0, 0.1) is 0 Å².